The molecule has 3 N–H and O–H groups in total. The molecule has 1 unspecified atom stereocenters. The summed E-state index contributed by atoms with van der Waals surface area (Å²) in [5.41, 5.74) is -0.121. The zero-order valence-corrected chi connectivity index (χ0v) is 11.8. The number of carboxylic acids is 1. The van der Waals surface area contributed by atoms with Crippen LogP contribution in [0.3, 0.4) is 0 Å². The molecular weight excluding hydrogens is 270 g/mol. The summed E-state index contributed by atoms with van der Waals surface area (Å²) in [4.78, 5) is 22.6. The highest BCUT2D eigenvalue weighted by atomic mass is 32.1. The number of aliphatic carboxylic acids is 1. The Labute approximate surface area is 114 Å². The summed E-state index contributed by atoms with van der Waals surface area (Å²) in [6, 6.07) is -0.515. The molecule has 0 aliphatic rings. The van der Waals surface area contributed by atoms with Crippen LogP contribution < -0.4 is 10.6 Å². The van der Waals surface area contributed by atoms with Crippen molar-refractivity contribution in [3.8, 4) is 0 Å². The minimum absolute atomic E-state index is 0.0602. The molecule has 1 rings (SSSR count). The first-order chi connectivity index (χ1) is 8.78. The second kappa shape index (κ2) is 6.41. The number of aromatic nitrogens is 3. The van der Waals surface area contributed by atoms with E-state index in [1.54, 1.807) is 0 Å². The topological polar surface area (TPSA) is 117 Å². The van der Waals surface area contributed by atoms with Crippen molar-refractivity contribution in [1.29, 1.82) is 0 Å². The number of hydrogen-bond donors (Lipinski definition) is 3. The van der Waals surface area contributed by atoms with Gasteiger partial charge in [0.1, 0.15) is 0 Å². The zero-order chi connectivity index (χ0) is 14.5. The molecular formula is C10H17N5O3S. The number of carbonyl (C=O) groups excluding carboxylic acids is 1. The zero-order valence-electron chi connectivity index (χ0n) is 11.0. The Balaban J connectivity index is 2.43. The fourth-order valence-electron chi connectivity index (χ4n) is 1.53. The van der Waals surface area contributed by atoms with E-state index >= 15 is 0 Å². The van der Waals surface area contributed by atoms with Gasteiger partial charge in [0.15, 0.2) is 0 Å². The number of nitrogens with one attached hydrogen (secondary N) is 2. The monoisotopic (exact) mass is 287 g/mol. The number of rotatable bonds is 5. The molecule has 1 atom stereocenters. The van der Waals surface area contributed by atoms with Crippen molar-refractivity contribution in [3.05, 3.63) is 0 Å². The molecule has 0 bridgehead atoms. The van der Waals surface area contributed by atoms with Gasteiger partial charge in [-0.3, -0.25) is 10.1 Å². The second-order valence-corrected chi connectivity index (χ2v) is 6.04. The molecule has 1 aromatic heterocycles. The lowest BCUT2D eigenvalue weighted by Crippen LogP contribution is -2.37. The van der Waals surface area contributed by atoms with Crippen molar-refractivity contribution in [1.82, 2.24) is 20.1 Å². The number of carbonyl (C=O) groups is 2. The molecule has 0 saturated carbocycles. The number of urea groups is 1. The van der Waals surface area contributed by atoms with Crippen LogP contribution in [0.2, 0.25) is 0 Å². The first-order valence-corrected chi connectivity index (χ1v) is 6.48. The van der Waals surface area contributed by atoms with Crippen LogP contribution in [-0.4, -0.2) is 38.5 Å². The number of amides is 2. The van der Waals surface area contributed by atoms with E-state index in [4.69, 9.17) is 5.11 Å². The lowest BCUT2D eigenvalue weighted by atomic mass is 9.84. The van der Waals surface area contributed by atoms with Gasteiger partial charge in [0.25, 0.3) is 0 Å². The molecule has 9 heteroatoms. The van der Waals surface area contributed by atoms with Crippen molar-refractivity contribution in [2.24, 2.45) is 11.3 Å². The van der Waals surface area contributed by atoms with Crippen LogP contribution in [0.1, 0.15) is 27.2 Å². The molecule has 0 fully saturated rings. The number of carboxylic acid groups (broad SMARTS) is 1. The van der Waals surface area contributed by atoms with Crippen LogP contribution in [0.5, 0.6) is 0 Å². The molecule has 0 aliphatic heterocycles. The SMILES string of the molecule is CC(C)(C)CC(CNC(=O)Nc1nnns1)C(=O)O. The average molecular weight is 287 g/mol. The molecule has 0 aromatic carbocycles. The van der Waals surface area contributed by atoms with Crippen molar-refractivity contribution in [3.63, 3.8) is 0 Å². The predicted molar refractivity (Wildman–Crippen MR) is 69.9 cm³/mol. The largest absolute Gasteiger partial charge is 0.481 e. The van der Waals surface area contributed by atoms with Crippen LogP contribution in [0.15, 0.2) is 0 Å². The van der Waals surface area contributed by atoms with Crippen LogP contribution in [0.25, 0.3) is 0 Å². The highest BCUT2D eigenvalue weighted by Gasteiger charge is 2.25. The van der Waals surface area contributed by atoms with Gasteiger partial charge in [-0.2, -0.15) is 0 Å². The van der Waals surface area contributed by atoms with E-state index in [2.05, 4.69) is 25.4 Å². The van der Waals surface area contributed by atoms with Crippen LogP contribution in [-0.2, 0) is 4.79 Å². The standard InChI is InChI=1S/C10H17N5O3S/c1-10(2,3)4-6(7(16)17)5-11-8(18)12-9-13-14-15-19-9/h6H,4-5H2,1-3H3,(H,16,17)(H2,11,12,13,15,18). The quantitative estimate of drug-likeness (QED) is 0.749. The van der Waals surface area contributed by atoms with Crippen molar-refractivity contribution in [2.75, 3.05) is 11.9 Å². The lowest BCUT2D eigenvalue weighted by Gasteiger charge is -2.23. The van der Waals surface area contributed by atoms with Gasteiger partial charge in [0, 0.05) is 18.1 Å². The molecule has 0 radical (unpaired) electrons. The van der Waals surface area contributed by atoms with Gasteiger partial charge in [-0.05, 0) is 17.0 Å². The summed E-state index contributed by atoms with van der Waals surface area (Å²) in [6.07, 6.45) is 0.475. The van der Waals surface area contributed by atoms with E-state index in [1.165, 1.54) is 0 Å². The molecule has 0 saturated heterocycles. The Morgan fingerprint density at radius 1 is 1.42 bits per heavy atom. The molecule has 1 aromatic rings. The third-order valence-corrected chi connectivity index (χ3v) is 2.75. The summed E-state index contributed by atoms with van der Waals surface area (Å²) in [5, 5.41) is 21.2. The molecule has 1 heterocycles. The van der Waals surface area contributed by atoms with E-state index in [0.29, 0.717) is 6.42 Å². The van der Waals surface area contributed by atoms with Crippen LogP contribution in [0, 0.1) is 11.3 Å². The van der Waals surface area contributed by atoms with E-state index in [0.717, 1.165) is 11.5 Å². The minimum Gasteiger partial charge on any atom is -0.481 e. The first-order valence-electron chi connectivity index (χ1n) is 5.70. The maximum atomic E-state index is 11.5. The highest BCUT2D eigenvalue weighted by molar-refractivity contribution is 7.09. The normalized spacial score (nSPS) is 12.8. The smallest absolute Gasteiger partial charge is 0.321 e. The number of anilines is 1. The predicted octanol–water partition coefficient (Wildman–Crippen LogP) is 1.19. The maximum absolute atomic E-state index is 11.5. The van der Waals surface area contributed by atoms with Gasteiger partial charge in [0.05, 0.1) is 5.92 Å². The van der Waals surface area contributed by atoms with Gasteiger partial charge in [-0.15, -0.1) is 0 Å². The summed E-state index contributed by atoms with van der Waals surface area (Å²) in [5.74, 6) is -1.55. The van der Waals surface area contributed by atoms with E-state index in [9.17, 15) is 9.59 Å². The van der Waals surface area contributed by atoms with E-state index in [-0.39, 0.29) is 17.1 Å². The van der Waals surface area contributed by atoms with Crippen LogP contribution in [0.4, 0.5) is 9.93 Å². The Hall–Kier alpha value is -1.77. The molecule has 0 spiro atoms. The van der Waals surface area contributed by atoms with Gasteiger partial charge >= 0.3 is 12.0 Å². The third kappa shape index (κ3) is 6.09. The van der Waals surface area contributed by atoms with Crippen molar-refractivity contribution in [2.45, 2.75) is 27.2 Å². The first kappa shape index (κ1) is 15.3. The van der Waals surface area contributed by atoms with Gasteiger partial charge < -0.3 is 10.4 Å². The fraction of sp³-hybridized carbons (Fsp3) is 0.700. The summed E-state index contributed by atoms with van der Waals surface area (Å²) in [7, 11) is 0. The lowest BCUT2D eigenvalue weighted by molar-refractivity contribution is -0.142. The molecule has 2 amide bonds. The Bertz CT molecular complexity index is 429. The van der Waals surface area contributed by atoms with E-state index in [1.807, 2.05) is 20.8 Å². The summed E-state index contributed by atoms with van der Waals surface area (Å²) in [6.45, 7) is 5.92. The van der Waals surface area contributed by atoms with Crippen molar-refractivity contribution < 1.29 is 14.7 Å². The molecule has 106 valence electrons. The Kier molecular flexibility index (Phi) is 5.16. The average Bonchev–Trinajstić information content (AvgIpc) is 2.75. The van der Waals surface area contributed by atoms with E-state index < -0.39 is 17.9 Å². The second-order valence-electron chi connectivity index (χ2n) is 5.30. The van der Waals surface area contributed by atoms with Gasteiger partial charge in [0.2, 0.25) is 5.13 Å². The van der Waals surface area contributed by atoms with Crippen molar-refractivity contribution >= 4 is 28.7 Å². The van der Waals surface area contributed by atoms with Gasteiger partial charge in [-0.25, -0.2) is 4.79 Å². The third-order valence-electron chi connectivity index (χ3n) is 2.24. The fourth-order valence-corrected chi connectivity index (χ4v) is 1.89. The Morgan fingerprint density at radius 2 is 2.11 bits per heavy atom. The molecule has 0 aliphatic carbocycles. The van der Waals surface area contributed by atoms with Gasteiger partial charge in [-0.1, -0.05) is 30.4 Å². The number of hydrogen-bond acceptors (Lipinski definition) is 6. The maximum Gasteiger partial charge on any atom is 0.321 e. The molecule has 19 heavy (non-hydrogen) atoms. The highest BCUT2D eigenvalue weighted by Crippen LogP contribution is 2.24. The Morgan fingerprint density at radius 3 is 2.58 bits per heavy atom. The number of nitrogens with zero attached hydrogens (tertiary/aromatic N) is 3. The summed E-state index contributed by atoms with van der Waals surface area (Å²) >= 11 is 0.941. The summed E-state index contributed by atoms with van der Waals surface area (Å²) < 4.78 is 3.49. The van der Waals surface area contributed by atoms with Crippen LogP contribution >= 0.6 is 11.5 Å². The minimum atomic E-state index is -0.923. The molecule has 8 nitrogen and oxygen atoms in total.